The van der Waals surface area contributed by atoms with Crippen LogP contribution >= 0.6 is 23.2 Å². The molecule has 0 aliphatic carbocycles. The molecule has 280 valence electrons. The number of halogens is 2. The first kappa shape index (κ1) is 37.6. The lowest BCUT2D eigenvalue weighted by atomic mass is 10.0. The normalized spacial score (nSPS) is 17.2. The zero-order valence-corrected chi connectivity index (χ0v) is 32.9. The predicted molar refractivity (Wildman–Crippen MR) is 218 cm³/mol. The summed E-state index contributed by atoms with van der Waals surface area (Å²) in [5.41, 5.74) is 7.79. The fourth-order valence-electron chi connectivity index (χ4n) is 7.93. The fourth-order valence-corrected chi connectivity index (χ4v) is 8.19. The molecule has 0 unspecified atom stereocenters. The third-order valence-electron chi connectivity index (χ3n) is 10.5. The van der Waals surface area contributed by atoms with Crippen molar-refractivity contribution in [1.29, 1.82) is 0 Å². The van der Waals surface area contributed by atoms with Gasteiger partial charge in [0, 0.05) is 56.4 Å². The molecular weight excluding hydrogens is 715 g/mol. The van der Waals surface area contributed by atoms with E-state index in [0.717, 1.165) is 117 Å². The quantitative estimate of drug-likeness (QED) is 0.161. The lowest BCUT2D eigenvalue weighted by Gasteiger charge is -2.25. The number of hydrogen-bond acceptors (Lipinski definition) is 4. The fraction of sp³-hybridized carbons (Fsp3) is 0.364. The highest BCUT2D eigenvalue weighted by Crippen LogP contribution is 2.36. The molecule has 0 radical (unpaired) electrons. The van der Waals surface area contributed by atoms with Crippen LogP contribution in [0.4, 0.5) is 0 Å². The van der Waals surface area contributed by atoms with Gasteiger partial charge >= 0.3 is 0 Å². The second-order valence-electron chi connectivity index (χ2n) is 15.5. The minimum atomic E-state index is 0.0889. The molecule has 2 amide bonds. The van der Waals surface area contributed by atoms with Crippen LogP contribution in [0.2, 0.25) is 10.0 Å². The van der Waals surface area contributed by atoms with Gasteiger partial charge in [0.1, 0.15) is 0 Å². The van der Waals surface area contributed by atoms with Crippen LogP contribution in [0, 0.1) is 11.8 Å². The Morgan fingerprint density at radius 1 is 0.630 bits per heavy atom. The molecule has 2 aliphatic rings. The molecule has 54 heavy (non-hydrogen) atoms. The minimum absolute atomic E-state index is 0.0889. The number of nitrogens with one attached hydrogen (secondary N) is 2. The Hall–Kier alpha value is -4.66. The number of carbonyl (C=O) groups excluding carboxylic acids is 2. The first-order valence-corrected chi connectivity index (χ1v) is 19.9. The number of H-pyrrole nitrogens is 2. The summed E-state index contributed by atoms with van der Waals surface area (Å²) in [4.78, 5) is 30.5. The Bertz CT molecular complexity index is 2080. The molecule has 0 spiro atoms. The van der Waals surface area contributed by atoms with Crippen LogP contribution in [-0.2, 0) is 12.8 Å². The SMILES string of the molecule is CC(C)Cc1[nH]nc2ccc(C(=O)N3CCC[C@@H]3c3ccc(Cl)cc3)cc12.CC(C)Cc1[nH]nc2ccc(C(=O)N3CCC[C@H]3c3ccc(Cl)cc3)cc12. The highest BCUT2D eigenvalue weighted by molar-refractivity contribution is 6.30. The summed E-state index contributed by atoms with van der Waals surface area (Å²) >= 11 is 12.0. The van der Waals surface area contributed by atoms with Gasteiger partial charge in [-0.05, 0) is 122 Å². The molecule has 8 rings (SSSR count). The van der Waals surface area contributed by atoms with Crippen molar-refractivity contribution >= 4 is 56.8 Å². The molecular formula is C44H48Cl2N6O2. The Labute approximate surface area is 327 Å². The average molecular weight is 764 g/mol. The van der Waals surface area contributed by atoms with E-state index < -0.39 is 0 Å². The number of nitrogens with zero attached hydrogens (tertiary/aromatic N) is 4. The Morgan fingerprint density at radius 3 is 1.39 bits per heavy atom. The first-order valence-electron chi connectivity index (χ1n) is 19.1. The number of aromatic amines is 2. The third kappa shape index (κ3) is 8.20. The van der Waals surface area contributed by atoms with Crippen molar-refractivity contribution in [2.45, 2.75) is 78.3 Å². The van der Waals surface area contributed by atoms with Crippen molar-refractivity contribution in [1.82, 2.24) is 30.2 Å². The van der Waals surface area contributed by atoms with Gasteiger partial charge in [-0.15, -0.1) is 0 Å². The predicted octanol–water partition coefficient (Wildman–Crippen LogP) is 10.8. The highest BCUT2D eigenvalue weighted by atomic mass is 35.5. The molecule has 2 N–H and O–H groups in total. The van der Waals surface area contributed by atoms with E-state index in [9.17, 15) is 9.59 Å². The van der Waals surface area contributed by atoms with Gasteiger partial charge in [-0.1, -0.05) is 75.2 Å². The Balaban J connectivity index is 0.000000167. The molecule has 6 aromatic rings. The maximum absolute atomic E-state index is 13.3. The number of likely N-dealkylation sites (tertiary alicyclic amines) is 2. The van der Waals surface area contributed by atoms with Gasteiger partial charge in [-0.2, -0.15) is 10.2 Å². The number of fused-ring (bicyclic) bond motifs is 2. The molecule has 2 atom stereocenters. The third-order valence-corrected chi connectivity index (χ3v) is 11.0. The second kappa shape index (κ2) is 16.4. The van der Waals surface area contributed by atoms with Crippen LogP contribution < -0.4 is 0 Å². The van der Waals surface area contributed by atoms with Crippen LogP contribution in [0.15, 0.2) is 84.9 Å². The maximum atomic E-state index is 13.3. The molecule has 2 fully saturated rings. The monoisotopic (exact) mass is 762 g/mol. The van der Waals surface area contributed by atoms with E-state index in [-0.39, 0.29) is 23.9 Å². The summed E-state index contributed by atoms with van der Waals surface area (Å²) in [6.45, 7) is 10.3. The summed E-state index contributed by atoms with van der Waals surface area (Å²) in [6.07, 6.45) is 5.85. The number of amides is 2. The number of rotatable bonds is 8. The molecule has 10 heteroatoms. The average Bonchev–Trinajstić information content (AvgIpc) is 3.99. The van der Waals surface area contributed by atoms with Crippen LogP contribution in [0.3, 0.4) is 0 Å². The highest BCUT2D eigenvalue weighted by Gasteiger charge is 2.32. The van der Waals surface area contributed by atoms with Gasteiger partial charge < -0.3 is 9.80 Å². The van der Waals surface area contributed by atoms with E-state index in [1.54, 1.807) is 0 Å². The summed E-state index contributed by atoms with van der Waals surface area (Å²) in [5.74, 6) is 1.24. The van der Waals surface area contributed by atoms with E-state index in [1.807, 2.05) is 94.7 Å². The Morgan fingerprint density at radius 2 is 1.02 bits per heavy atom. The number of carbonyl (C=O) groups is 2. The van der Waals surface area contributed by atoms with Gasteiger partial charge in [-0.3, -0.25) is 19.8 Å². The van der Waals surface area contributed by atoms with E-state index in [0.29, 0.717) is 11.8 Å². The number of benzene rings is 4. The van der Waals surface area contributed by atoms with Gasteiger partial charge in [0.25, 0.3) is 11.8 Å². The molecule has 2 aliphatic heterocycles. The van der Waals surface area contributed by atoms with E-state index in [4.69, 9.17) is 23.2 Å². The Kier molecular flexibility index (Phi) is 11.4. The van der Waals surface area contributed by atoms with Crippen LogP contribution in [0.1, 0.15) is 109 Å². The topological polar surface area (TPSA) is 98.0 Å². The van der Waals surface area contributed by atoms with Gasteiger partial charge in [0.05, 0.1) is 23.1 Å². The van der Waals surface area contributed by atoms with Crippen LogP contribution in [0.5, 0.6) is 0 Å². The van der Waals surface area contributed by atoms with E-state index >= 15 is 0 Å². The molecule has 0 bridgehead atoms. The summed E-state index contributed by atoms with van der Waals surface area (Å²) in [7, 11) is 0. The summed E-state index contributed by atoms with van der Waals surface area (Å²) in [6, 6.07) is 27.6. The molecule has 0 saturated carbocycles. The number of aromatic nitrogens is 4. The van der Waals surface area contributed by atoms with Crippen molar-refractivity contribution in [3.05, 3.63) is 129 Å². The zero-order chi connectivity index (χ0) is 37.9. The first-order chi connectivity index (χ1) is 26.0. The standard InChI is InChI=1S/2C22H24ClN3O/c2*1-14(2)12-20-18-13-16(7-10-19(18)24-25-20)22(27)26-11-3-4-21(26)15-5-8-17(23)9-6-15/h2*5-10,13-14,21H,3-4,11-12H2,1-2H3,(H,24,25)/t2*21-/m10/s1. The summed E-state index contributed by atoms with van der Waals surface area (Å²) in [5, 5.41) is 18.6. The molecule has 2 saturated heterocycles. The molecule has 2 aromatic heterocycles. The zero-order valence-electron chi connectivity index (χ0n) is 31.4. The number of hydrogen-bond donors (Lipinski definition) is 2. The van der Waals surface area contributed by atoms with E-state index in [1.165, 1.54) is 0 Å². The van der Waals surface area contributed by atoms with Crippen LogP contribution in [-0.4, -0.2) is 55.1 Å². The lowest BCUT2D eigenvalue weighted by molar-refractivity contribution is 0.0728. The second-order valence-corrected chi connectivity index (χ2v) is 16.4. The van der Waals surface area contributed by atoms with Gasteiger partial charge in [-0.25, -0.2) is 0 Å². The molecule has 8 nitrogen and oxygen atoms in total. The lowest BCUT2D eigenvalue weighted by Crippen LogP contribution is -2.30. The van der Waals surface area contributed by atoms with Crippen molar-refractivity contribution in [3.8, 4) is 0 Å². The van der Waals surface area contributed by atoms with Crippen molar-refractivity contribution in [3.63, 3.8) is 0 Å². The largest absolute Gasteiger partial charge is 0.332 e. The molecule has 4 heterocycles. The maximum Gasteiger partial charge on any atom is 0.254 e. The smallest absolute Gasteiger partial charge is 0.254 e. The van der Waals surface area contributed by atoms with Gasteiger partial charge in [0.15, 0.2) is 0 Å². The van der Waals surface area contributed by atoms with Gasteiger partial charge in [0.2, 0.25) is 0 Å². The molecule has 4 aromatic carbocycles. The van der Waals surface area contributed by atoms with Crippen molar-refractivity contribution in [2.75, 3.05) is 13.1 Å². The van der Waals surface area contributed by atoms with Crippen molar-refractivity contribution in [2.24, 2.45) is 11.8 Å². The van der Waals surface area contributed by atoms with Crippen LogP contribution in [0.25, 0.3) is 21.8 Å². The van der Waals surface area contributed by atoms with E-state index in [2.05, 4.69) is 48.1 Å². The minimum Gasteiger partial charge on any atom is -0.332 e. The summed E-state index contributed by atoms with van der Waals surface area (Å²) < 4.78 is 0. The van der Waals surface area contributed by atoms with Crippen molar-refractivity contribution < 1.29 is 9.59 Å².